The molecule has 3 rings (SSSR count). The Hall–Kier alpha value is -2.56. The van der Waals surface area contributed by atoms with Crippen molar-refractivity contribution >= 4 is 5.97 Å². The van der Waals surface area contributed by atoms with Crippen molar-refractivity contribution in [3.05, 3.63) is 59.4 Å². The van der Waals surface area contributed by atoms with Crippen LogP contribution in [0.2, 0.25) is 0 Å². The normalized spacial score (nSPS) is 20.5. The van der Waals surface area contributed by atoms with Crippen molar-refractivity contribution in [2.45, 2.75) is 37.7 Å². The molecule has 1 fully saturated rings. The Kier molecular flexibility index (Phi) is 4.69. The molecule has 0 amide bonds. The fraction of sp³-hybridized carbons (Fsp3) is 0.316. The molecule has 1 aliphatic rings. The van der Waals surface area contributed by atoms with Crippen LogP contribution in [0, 0.1) is 5.82 Å². The Morgan fingerprint density at radius 2 is 1.67 bits per heavy atom. The van der Waals surface area contributed by atoms with E-state index >= 15 is 0 Å². The second kappa shape index (κ2) is 6.91. The molecule has 2 aromatic carbocycles. The minimum Gasteiger partial charge on any atom is -0.508 e. The van der Waals surface area contributed by atoms with Gasteiger partial charge in [-0.05, 0) is 67.5 Å². The van der Waals surface area contributed by atoms with Crippen LogP contribution in [0.15, 0.2) is 42.5 Å². The highest BCUT2D eigenvalue weighted by Gasteiger charge is 2.26. The van der Waals surface area contributed by atoms with Crippen molar-refractivity contribution in [2.24, 2.45) is 0 Å². The number of carbonyl (C=O) groups excluding carboxylic acids is 1. The van der Waals surface area contributed by atoms with E-state index < -0.39 is 5.97 Å². The van der Waals surface area contributed by atoms with Gasteiger partial charge >= 0.3 is 5.97 Å². The molecule has 5 heteroatoms. The molecule has 0 unspecified atom stereocenters. The predicted octanol–water partition coefficient (Wildman–Crippen LogP) is 4.12. The van der Waals surface area contributed by atoms with Gasteiger partial charge in [-0.15, -0.1) is 0 Å². The third-order valence-electron chi connectivity index (χ3n) is 4.48. The SMILES string of the molecule is O=C(OC1CCC(c2ccc(O)cc2O)CC1)c1ccc(F)cc1. The maximum absolute atomic E-state index is 12.9. The summed E-state index contributed by atoms with van der Waals surface area (Å²) in [5, 5.41) is 19.3. The second-order valence-corrected chi connectivity index (χ2v) is 6.13. The first kappa shape index (κ1) is 16.3. The van der Waals surface area contributed by atoms with Gasteiger partial charge in [0.1, 0.15) is 23.4 Å². The number of phenols is 2. The van der Waals surface area contributed by atoms with Crippen molar-refractivity contribution in [1.82, 2.24) is 0 Å². The summed E-state index contributed by atoms with van der Waals surface area (Å²) in [5.74, 6) is -0.502. The Labute approximate surface area is 139 Å². The number of phenolic OH excluding ortho intramolecular Hbond substituents is 2. The van der Waals surface area contributed by atoms with Crippen LogP contribution in [0.4, 0.5) is 4.39 Å². The number of halogens is 1. The number of hydrogen-bond acceptors (Lipinski definition) is 4. The van der Waals surface area contributed by atoms with E-state index in [0.29, 0.717) is 18.4 Å². The summed E-state index contributed by atoms with van der Waals surface area (Å²) in [7, 11) is 0. The molecule has 4 nitrogen and oxygen atoms in total. The smallest absolute Gasteiger partial charge is 0.338 e. The molecular formula is C19H19FO4. The first-order valence-corrected chi connectivity index (χ1v) is 8.01. The van der Waals surface area contributed by atoms with Crippen molar-refractivity contribution in [2.75, 3.05) is 0 Å². The number of esters is 1. The second-order valence-electron chi connectivity index (χ2n) is 6.13. The Balaban J connectivity index is 1.57. The summed E-state index contributed by atoms with van der Waals surface area (Å²) in [4.78, 5) is 12.1. The summed E-state index contributed by atoms with van der Waals surface area (Å²) in [6, 6.07) is 9.95. The molecule has 0 atom stereocenters. The number of aromatic hydroxyl groups is 2. The molecule has 2 aromatic rings. The monoisotopic (exact) mass is 330 g/mol. The van der Waals surface area contributed by atoms with Crippen LogP contribution in [-0.2, 0) is 4.74 Å². The molecule has 0 heterocycles. The number of ether oxygens (including phenoxy) is 1. The molecular weight excluding hydrogens is 311 g/mol. The van der Waals surface area contributed by atoms with Crippen LogP contribution >= 0.6 is 0 Å². The summed E-state index contributed by atoms with van der Waals surface area (Å²) in [6.45, 7) is 0. The van der Waals surface area contributed by atoms with Gasteiger partial charge < -0.3 is 14.9 Å². The molecule has 2 N–H and O–H groups in total. The first-order chi connectivity index (χ1) is 11.5. The molecule has 24 heavy (non-hydrogen) atoms. The van der Waals surface area contributed by atoms with Crippen LogP contribution in [0.1, 0.15) is 47.5 Å². The zero-order chi connectivity index (χ0) is 17.1. The molecule has 0 radical (unpaired) electrons. The van der Waals surface area contributed by atoms with Crippen LogP contribution in [-0.4, -0.2) is 22.3 Å². The van der Waals surface area contributed by atoms with E-state index in [2.05, 4.69) is 0 Å². The van der Waals surface area contributed by atoms with Crippen molar-refractivity contribution < 1.29 is 24.1 Å². The molecule has 0 aliphatic heterocycles. The lowest BCUT2D eigenvalue weighted by Crippen LogP contribution is -2.24. The largest absolute Gasteiger partial charge is 0.508 e. The van der Waals surface area contributed by atoms with Gasteiger partial charge in [-0.25, -0.2) is 9.18 Å². The van der Waals surface area contributed by atoms with E-state index in [1.807, 2.05) is 0 Å². The lowest BCUT2D eigenvalue weighted by Gasteiger charge is -2.29. The summed E-state index contributed by atoms with van der Waals surface area (Å²) >= 11 is 0. The Morgan fingerprint density at radius 3 is 2.29 bits per heavy atom. The van der Waals surface area contributed by atoms with Gasteiger partial charge in [-0.1, -0.05) is 6.07 Å². The Bertz CT molecular complexity index is 719. The highest BCUT2D eigenvalue weighted by molar-refractivity contribution is 5.89. The van der Waals surface area contributed by atoms with E-state index in [4.69, 9.17) is 4.74 Å². The number of benzene rings is 2. The van der Waals surface area contributed by atoms with E-state index in [9.17, 15) is 19.4 Å². The lowest BCUT2D eigenvalue weighted by atomic mass is 9.82. The maximum Gasteiger partial charge on any atom is 0.338 e. The van der Waals surface area contributed by atoms with Gasteiger partial charge in [-0.2, -0.15) is 0 Å². The fourth-order valence-electron chi connectivity index (χ4n) is 3.17. The van der Waals surface area contributed by atoms with Gasteiger partial charge in [0.05, 0.1) is 5.56 Å². The van der Waals surface area contributed by atoms with Crippen LogP contribution in [0.25, 0.3) is 0 Å². The van der Waals surface area contributed by atoms with Crippen LogP contribution in [0.3, 0.4) is 0 Å². The van der Waals surface area contributed by atoms with Crippen molar-refractivity contribution in [3.63, 3.8) is 0 Å². The van der Waals surface area contributed by atoms with E-state index in [-0.39, 0.29) is 29.3 Å². The van der Waals surface area contributed by atoms with Gasteiger partial charge in [0.15, 0.2) is 0 Å². The zero-order valence-corrected chi connectivity index (χ0v) is 13.1. The number of rotatable bonds is 3. The third-order valence-corrected chi connectivity index (χ3v) is 4.48. The summed E-state index contributed by atoms with van der Waals surface area (Å²) in [5.41, 5.74) is 1.16. The zero-order valence-electron chi connectivity index (χ0n) is 13.1. The van der Waals surface area contributed by atoms with E-state index in [1.54, 1.807) is 12.1 Å². The summed E-state index contributed by atoms with van der Waals surface area (Å²) < 4.78 is 18.4. The molecule has 1 aliphatic carbocycles. The minimum absolute atomic E-state index is 0.0400. The topological polar surface area (TPSA) is 66.8 Å². The van der Waals surface area contributed by atoms with Gasteiger partial charge in [0, 0.05) is 6.07 Å². The van der Waals surface area contributed by atoms with E-state index in [1.165, 1.54) is 30.3 Å². The molecule has 0 saturated heterocycles. The van der Waals surface area contributed by atoms with Gasteiger partial charge in [0.25, 0.3) is 0 Å². The maximum atomic E-state index is 12.9. The van der Waals surface area contributed by atoms with Crippen molar-refractivity contribution in [3.8, 4) is 11.5 Å². The van der Waals surface area contributed by atoms with Gasteiger partial charge in [0.2, 0.25) is 0 Å². The quantitative estimate of drug-likeness (QED) is 0.831. The molecule has 0 spiro atoms. The average molecular weight is 330 g/mol. The lowest BCUT2D eigenvalue weighted by molar-refractivity contribution is 0.0194. The highest BCUT2D eigenvalue weighted by atomic mass is 19.1. The highest BCUT2D eigenvalue weighted by Crippen LogP contribution is 2.39. The molecule has 0 aromatic heterocycles. The van der Waals surface area contributed by atoms with Crippen molar-refractivity contribution in [1.29, 1.82) is 0 Å². The Morgan fingerprint density at radius 1 is 1.00 bits per heavy atom. The van der Waals surface area contributed by atoms with Crippen LogP contribution < -0.4 is 0 Å². The third kappa shape index (κ3) is 3.67. The molecule has 126 valence electrons. The van der Waals surface area contributed by atoms with Crippen LogP contribution in [0.5, 0.6) is 11.5 Å². The van der Waals surface area contributed by atoms with E-state index in [0.717, 1.165) is 18.4 Å². The average Bonchev–Trinajstić information content (AvgIpc) is 2.56. The molecule has 1 saturated carbocycles. The standard InChI is InChI=1S/C19H19FO4/c20-14-5-1-13(2-6-14)19(23)24-16-8-3-12(4-9-16)17-10-7-15(21)11-18(17)22/h1-2,5-7,10-12,16,21-22H,3-4,8-9H2. The number of carbonyl (C=O) groups is 1. The predicted molar refractivity (Wildman–Crippen MR) is 86.6 cm³/mol. The first-order valence-electron chi connectivity index (χ1n) is 8.01. The number of hydrogen-bond donors (Lipinski definition) is 2. The van der Waals surface area contributed by atoms with Gasteiger partial charge in [-0.3, -0.25) is 0 Å². The minimum atomic E-state index is -0.439. The summed E-state index contributed by atoms with van der Waals surface area (Å²) in [6.07, 6.45) is 2.83. The fourth-order valence-corrected chi connectivity index (χ4v) is 3.17. The molecule has 0 bridgehead atoms.